The van der Waals surface area contributed by atoms with Gasteiger partial charge in [0.25, 0.3) is 0 Å². The van der Waals surface area contributed by atoms with E-state index in [1.54, 1.807) is 12.1 Å². The van der Waals surface area contributed by atoms with Crippen LogP contribution in [0.4, 0.5) is 13.2 Å². The molecule has 0 aliphatic heterocycles. The Bertz CT molecular complexity index is 1390. The number of hydrogen-bond acceptors (Lipinski definition) is 8. The van der Waals surface area contributed by atoms with Gasteiger partial charge in [-0.2, -0.15) is 13.2 Å². The number of benzene rings is 2. The minimum Gasteiger partial charge on any atom is -0.508 e. The standard InChI is InChI=1S/C29H40N6O6.C2HF3O2/c1-17(2)13-22(26(31)38)28(40)35-24(15-19-7-5-4-6-8-19)34-25(37)16-32-27(39)18(3)33-29(41)23(30)14-20-9-11-21(36)12-10-20;3-2(4,5)1(6)7/h4-12,17-18,22-24,36H,13-16,30H2,1-3H3,(H2,31,38)(H,32,39)(H,33,41)(H,34,37)(H,35,40);(H,6,7). The third-order valence-electron chi connectivity index (χ3n) is 6.45. The fraction of sp³-hybridized carbons (Fsp3) is 0.419. The molecule has 0 heterocycles. The molecule has 17 heteroatoms. The van der Waals surface area contributed by atoms with E-state index in [0.29, 0.717) is 0 Å². The molecule has 0 aliphatic carbocycles. The molecule has 0 aliphatic rings. The van der Waals surface area contributed by atoms with Crippen molar-refractivity contribution in [3.05, 3.63) is 65.7 Å². The van der Waals surface area contributed by atoms with Gasteiger partial charge in [0, 0.05) is 6.42 Å². The summed E-state index contributed by atoms with van der Waals surface area (Å²) in [5.74, 6) is -6.80. The number of nitrogens with one attached hydrogen (secondary N) is 4. The summed E-state index contributed by atoms with van der Waals surface area (Å²) < 4.78 is 31.7. The smallest absolute Gasteiger partial charge is 0.490 e. The van der Waals surface area contributed by atoms with Crippen LogP contribution in [-0.4, -0.2) is 76.7 Å². The molecule has 2 aromatic carbocycles. The molecule has 48 heavy (non-hydrogen) atoms. The number of nitrogens with two attached hydrogens (primary N) is 2. The number of alkyl halides is 3. The summed E-state index contributed by atoms with van der Waals surface area (Å²) in [6, 6.07) is 13.4. The van der Waals surface area contributed by atoms with Crippen molar-refractivity contribution in [3.8, 4) is 5.75 Å². The molecule has 0 bridgehead atoms. The number of aliphatic carboxylic acids is 1. The first-order valence-electron chi connectivity index (χ1n) is 14.6. The molecule has 14 nitrogen and oxygen atoms in total. The van der Waals surface area contributed by atoms with Crippen LogP contribution in [0.2, 0.25) is 0 Å². The van der Waals surface area contributed by atoms with Crippen LogP contribution in [0.5, 0.6) is 5.75 Å². The highest BCUT2D eigenvalue weighted by molar-refractivity contribution is 5.99. The summed E-state index contributed by atoms with van der Waals surface area (Å²) in [5.41, 5.74) is 12.9. The maximum atomic E-state index is 12.9. The Morgan fingerprint density at radius 1 is 0.792 bits per heavy atom. The molecular weight excluding hydrogens is 641 g/mol. The fourth-order valence-corrected chi connectivity index (χ4v) is 4.01. The highest BCUT2D eigenvalue weighted by Crippen LogP contribution is 2.14. The average Bonchev–Trinajstić information content (AvgIpc) is 2.99. The summed E-state index contributed by atoms with van der Waals surface area (Å²) >= 11 is 0. The molecule has 0 spiro atoms. The highest BCUT2D eigenvalue weighted by Gasteiger charge is 2.38. The van der Waals surface area contributed by atoms with Gasteiger partial charge < -0.3 is 42.9 Å². The first kappa shape index (κ1) is 40.8. The number of phenols is 1. The van der Waals surface area contributed by atoms with Gasteiger partial charge in [-0.3, -0.25) is 24.0 Å². The molecule has 2 rings (SSSR count). The highest BCUT2D eigenvalue weighted by atomic mass is 19.4. The van der Waals surface area contributed by atoms with Crippen molar-refractivity contribution in [2.75, 3.05) is 6.54 Å². The maximum absolute atomic E-state index is 12.9. The molecule has 10 N–H and O–H groups in total. The lowest BCUT2D eigenvalue weighted by molar-refractivity contribution is -0.192. The zero-order valence-electron chi connectivity index (χ0n) is 26.5. The first-order valence-corrected chi connectivity index (χ1v) is 14.6. The SMILES string of the molecule is CC(C)CC(C(N)=O)C(=O)NC(Cc1ccccc1)NC(=O)CNC(=O)C(C)NC(=O)C(N)Cc1ccc(O)cc1.O=C(O)C(F)(F)F. The number of primary amides is 1. The zero-order chi connectivity index (χ0) is 36.6. The maximum Gasteiger partial charge on any atom is 0.490 e. The summed E-state index contributed by atoms with van der Waals surface area (Å²) in [6.07, 6.45) is -5.28. The molecule has 4 unspecified atom stereocenters. The van der Waals surface area contributed by atoms with Crippen molar-refractivity contribution in [3.63, 3.8) is 0 Å². The van der Waals surface area contributed by atoms with Crippen molar-refractivity contribution < 1.29 is 52.2 Å². The van der Waals surface area contributed by atoms with Gasteiger partial charge in [0.1, 0.15) is 23.9 Å². The van der Waals surface area contributed by atoms with Crippen LogP contribution < -0.4 is 32.7 Å². The largest absolute Gasteiger partial charge is 0.508 e. The molecule has 0 aromatic heterocycles. The van der Waals surface area contributed by atoms with Crippen LogP contribution in [0.1, 0.15) is 38.3 Å². The van der Waals surface area contributed by atoms with Crippen LogP contribution >= 0.6 is 0 Å². The van der Waals surface area contributed by atoms with Crippen molar-refractivity contribution in [1.29, 1.82) is 0 Å². The van der Waals surface area contributed by atoms with Crippen molar-refractivity contribution in [2.24, 2.45) is 23.3 Å². The molecule has 0 radical (unpaired) electrons. The summed E-state index contributed by atoms with van der Waals surface area (Å²) in [7, 11) is 0. The van der Waals surface area contributed by atoms with Crippen molar-refractivity contribution in [2.45, 2.75) is 64.5 Å². The van der Waals surface area contributed by atoms with E-state index in [1.165, 1.54) is 19.1 Å². The van der Waals surface area contributed by atoms with Gasteiger partial charge in [-0.15, -0.1) is 0 Å². The number of hydrogen-bond donors (Lipinski definition) is 8. The number of phenolic OH excluding ortho intramolecular Hbond substituents is 1. The second-order valence-electron chi connectivity index (χ2n) is 11.1. The quantitative estimate of drug-likeness (QED) is 0.0960. The normalized spacial score (nSPS) is 13.4. The minimum atomic E-state index is -5.08. The third-order valence-corrected chi connectivity index (χ3v) is 6.45. The van der Waals surface area contributed by atoms with E-state index in [-0.39, 0.29) is 30.9 Å². The Balaban J connectivity index is 0.00000148. The van der Waals surface area contributed by atoms with Gasteiger partial charge in [0.05, 0.1) is 12.6 Å². The number of aromatic hydroxyl groups is 1. The van der Waals surface area contributed by atoms with Gasteiger partial charge in [-0.05, 0) is 48.9 Å². The molecule has 2 aromatic rings. The van der Waals surface area contributed by atoms with E-state index in [0.717, 1.165) is 11.1 Å². The van der Waals surface area contributed by atoms with Crippen LogP contribution in [-0.2, 0) is 41.6 Å². The molecule has 5 amide bonds. The lowest BCUT2D eigenvalue weighted by Gasteiger charge is -2.24. The Kier molecular flexibility index (Phi) is 16.6. The van der Waals surface area contributed by atoms with Gasteiger partial charge >= 0.3 is 12.1 Å². The minimum absolute atomic E-state index is 0.0421. The van der Waals surface area contributed by atoms with E-state index in [1.807, 2.05) is 44.2 Å². The van der Waals surface area contributed by atoms with Crippen LogP contribution in [0.3, 0.4) is 0 Å². The zero-order valence-corrected chi connectivity index (χ0v) is 26.5. The molecular formula is C31H41F3N6O8. The lowest BCUT2D eigenvalue weighted by Crippen LogP contribution is -2.55. The van der Waals surface area contributed by atoms with Gasteiger partial charge in [0.2, 0.25) is 29.5 Å². The van der Waals surface area contributed by atoms with Crippen molar-refractivity contribution in [1.82, 2.24) is 21.3 Å². The van der Waals surface area contributed by atoms with E-state index in [9.17, 15) is 42.3 Å². The molecule has 264 valence electrons. The van der Waals surface area contributed by atoms with E-state index in [2.05, 4.69) is 21.3 Å². The number of rotatable bonds is 15. The van der Waals surface area contributed by atoms with E-state index >= 15 is 0 Å². The van der Waals surface area contributed by atoms with Crippen LogP contribution in [0.25, 0.3) is 0 Å². The predicted octanol–water partition coefficient (Wildman–Crippen LogP) is 0.465. The monoisotopic (exact) mass is 682 g/mol. The van der Waals surface area contributed by atoms with Gasteiger partial charge in [0.15, 0.2) is 0 Å². The molecule has 0 saturated carbocycles. The predicted molar refractivity (Wildman–Crippen MR) is 166 cm³/mol. The summed E-state index contributed by atoms with van der Waals surface area (Å²) in [5, 5.41) is 26.8. The number of carboxylic acid groups (broad SMARTS) is 1. The summed E-state index contributed by atoms with van der Waals surface area (Å²) in [6.45, 7) is 4.75. The molecule has 4 atom stereocenters. The molecule has 0 fully saturated rings. The second-order valence-corrected chi connectivity index (χ2v) is 11.1. The third kappa shape index (κ3) is 15.9. The Morgan fingerprint density at radius 3 is 1.83 bits per heavy atom. The van der Waals surface area contributed by atoms with E-state index < -0.39 is 72.4 Å². The first-order chi connectivity index (χ1) is 22.3. The number of carbonyl (C=O) groups is 6. The van der Waals surface area contributed by atoms with Crippen LogP contribution in [0.15, 0.2) is 54.6 Å². The lowest BCUT2D eigenvalue weighted by atomic mass is 9.95. The van der Waals surface area contributed by atoms with E-state index in [4.69, 9.17) is 21.4 Å². The van der Waals surface area contributed by atoms with Crippen LogP contribution in [0, 0.1) is 11.8 Å². The summed E-state index contributed by atoms with van der Waals surface area (Å²) in [4.78, 5) is 71.3. The molecule has 0 saturated heterocycles. The number of carboxylic acids is 1. The fourth-order valence-electron chi connectivity index (χ4n) is 4.01. The average molecular weight is 683 g/mol. The number of carbonyl (C=O) groups excluding carboxylic acids is 5. The number of halogens is 3. The van der Waals surface area contributed by atoms with Gasteiger partial charge in [-0.1, -0.05) is 56.3 Å². The van der Waals surface area contributed by atoms with Gasteiger partial charge in [-0.25, -0.2) is 4.79 Å². The second kappa shape index (κ2) is 19.5. The topological polar surface area (TPSA) is 243 Å². The Labute approximate surface area is 274 Å². The Hall–Kier alpha value is -5.19. The number of amides is 5. The Morgan fingerprint density at radius 2 is 1.33 bits per heavy atom. The van der Waals surface area contributed by atoms with Crippen molar-refractivity contribution >= 4 is 35.5 Å².